The summed E-state index contributed by atoms with van der Waals surface area (Å²) in [6.45, 7) is 2.87. The number of rotatable bonds is 7. The Morgan fingerprint density at radius 1 is 1.07 bits per heavy atom. The lowest BCUT2D eigenvalue weighted by atomic mass is 9.97. The first-order chi connectivity index (χ1) is 13.7. The molecule has 0 bridgehead atoms. The van der Waals surface area contributed by atoms with Crippen LogP contribution in [0, 0.1) is 0 Å². The highest BCUT2D eigenvalue weighted by Gasteiger charge is 2.14. The first-order valence-electron chi connectivity index (χ1n) is 9.38. The lowest BCUT2D eigenvalue weighted by Gasteiger charge is -2.12. The average Bonchev–Trinajstić information content (AvgIpc) is 3.37. The van der Waals surface area contributed by atoms with Gasteiger partial charge >= 0.3 is 0 Å². The van der Waals surface area contributed by atoms with Gasteiger partial charge < -0.3 is 4.57 Å². The van der Waals surface area contributed by atoms with Crippen molar-refractivity contribution in [2.45, 2.75) is 32.7 Å². The van der Waals surface area contributed by atoms with E-state index in [0.717, 1.165) is 47.3 Å². The third kappa shape index (κ3) is 3.97. The van der Waals surface area contributed by atoms with Gasteiger partial charge in [-0.05, 0) is 34.4 Å². The van der Waals surface area contributed by atoms with Crippen LogP contribution in [0.25, 0.3) is 22.5 Å². The Morgan fingerprint density at radius 3 is 2.68 bits per heavy atom. The number of unbranched alkanes of at least 4 members (excludes halogenated alkanes) is 1. The number of aromatic amines is 1. The first-order valence-corrected chi connectivity index (χ1v) is 9.76. The first kappa shape index (κ1) is 18.4. The number of nitrogens with zero attached hydrogens (tertiary/aromatic N) is 5. The molecule has 2 aromatic heterocycles. The number of hydrogen-bond acceptors (Lipinski definition) is 4. The van der Waals surface area contributed by atoms with E-state index in [1.165, 1.54) is 0 Å². The van der Waals surface area contributed by atoms with Crippen molar-refractivity contribution in [3.05, 3.63) is 71.3 Å². The Hall–Kier alpha value is -2.99. The Kier molecular flexibility index (Phi) is 5.48. The molecule has 0 saturated heterocycles. The number of H-pyrrole nitrogens is 1. The number of aryl methyl sites for hydroxylation is 1. The maximum Gasteiger partial charge on any atom is 0.205 e. The molecular weight excluding hydrogens is 372 g/mol. The highest BCUT2D eigenvalue weighted by atomic mass is 35.5. The van der Waals surface area contributed by atoms with E-state index in [9.17, 15) is 0 Å². The molecule has 0 amide bonds. The molecule has 0 saturated carbocycles. The van der Waals surface area contributed by atoms with Crippen LogP contribution in [0.1, 0.15) is 31.2 Å². The second-order valence-electron chi connectivity index (χ2n) is 6.69. The van der Waals surface area contributed by atoms with Gasteiger partial charge in [-0.2, -0.15) is 5.21 Å². The Morgan fingerprint density at radius 2 is 1.93 bits per heavy atom. The van der Waals surface area contributed by atoms with Crippen LogP contribution in [0.5, 0.6) is 0 Å². The van der Waals surface area contributed by atoms with Gasteiger partial charge in [0.05, 0.1) is 0 Å². The molecular formula is C21H21ClN6. The van der Waals surface area contributed by atoms with E-state index in [4.69, 9.17) is 11.6 Å². The second-order valence-corrected chi connectivity index (χ2v) is 7.08. The molecule has 0 fully saturated rings. The molecule has 28 heavy (non-hydrogen) atoms. The predicted molar refractivity (Wildman–Crippen MR) is 110 cm³/mol. The van der Waals surface area contributed by atoms with Crippen molar-refractivity contribution < 1.29 is 0 Å². The van der Waals surface area contributed by atoms with E-state index in [-0.39, 0.29) is 0 Å². The zero-order valence-corrected chi connectivity index (χ0v) is 16.4. The van der Waals surface area contributed by atoms with Gasteiger partial charge in [-0.15, -0.1) is 10.2 Å². The molecule has 2 heterocycles. The van der Waals surface area contributed by atoms with Gasteiger partial charge in [-0.25, -0.2) is 4.98 Å². The molecule has 7 heteroatoms. The van der Waals surface area contributed by atoms with Crippen LogP contribution in [0.4, 0.5) is 0 Å². The molecule has 1 N–H and O–H groups in total. The third-order valence-corrected chi connectivity index (χ3v) is 4.87. The molecule has 0 unspecified atom stereocenters. The van der Waals surface area contributed by atoms with Gasteiger partial charge in [0.15, 0.2) is 0 Å². The molecule has 4 rings (SSSR count). The third-order valence-electron chi connectivity index (χ3n) is 4.69. The second kappa shape index (κ2) is 8.35. The largest absolute Gasteiger partial charge is 0.329 e. The maximum atomic E-state index is 6.16. The van der Waals surface area contributed by atoms with Crippen LogP contribution in [0.2, 0.25) is 5.15 Å². The predicted octanol–water partition coefficient (Wildman–Crippen LogP) is 4.77. The lowest BCUT2D eigenvalue weighted by molar-refractivity contribution is 0.678. The summed E-state index contributed by atoms with van der Waals surface area (Å²) in [6.07, 6.45) is 5.03. The minimum Gasteiger partial charge on any atom is -0.329 e. The minimum absolute atomic E-state index is 0.533. The fourth-order valence-electron chi connectivity index (χ4n) is 3.31. The smallest absolute Gasteiger partial charge is 0.205 e. The molecule has 4 aromatic rings. The van der Waals surface area contributed by atoms with E-state index in [2.05, 4.69) is 67.4 Å². The van der Waals surface area contributed by atoms with Crippen molar-refractivity contribution in [3.63, 3.8) is 0 Å². The quantitative estimate of drug-likeness (QED) is 0.491. The zero-order chi connectivity index (χ0) is 19.3. The van der Waals surface area contributed by atoms with Crippen LogP contribution in [-0.2, 0) is 13.0 Å². The average molecular weight is 393 g/mol. The van der Waals surface area contributed by atoms with Crippen molar-refractivity contribution >= 4 is 11.6 Å². The van der Waals surface area contributed by atoms with Crippen molar-refractivity contribution in [3.8, 4) is 22.5 Å². The van der Waals surface area contributed by atoms with E-state index in [1.807, 2.05) is 24.4 Å². The van der Waals surface area contributed by atoms with Crippen LogP contribution in [0.15, 0.2) is 54.7 Å². The van der Waals surface area contributed by atoms with Gasteiger partial charge in [0.2, 0.25) is 5.82 Å². The Balaban J connectivity index is 1.71. The summed E-state index contributed by atoms with van der Waals surface area (Å²) in [5.41, 5.74) is 4.26. The number of tetrazole rings is 1. The van der Waals surface area contributed by atoms with Gasteiger partial charge in [-0.3, -0.25) is 0 Å². The van der Waals surface area contributed by atoms with Crippen LogP contribution in [0.3, 0.4) is 0 Å². The molecule has 0 spiro atoms. The SMILES string of the molecule is CCCCc1nc(Cl)cn1Cc1ccc(-c2ccccc2)c(-c2nn[nH]n2)c1. The molecule has 0 aliphatic rings. The minimum atomic E-state index is 0.533. The molecule has 6 nitrogen and oxygen atoms in total. The number of imidazole rings is 1. The van der Waals surface area contributed by atoms with Gasteiger partial charge in [0.1, 0.15) is 11.0 Å². The van der Waals surface area contributed by atoms with Crippen molar-refractivity contribution in [2.24, 2.45) is 0 Å². The monoisotopic (exact) mass is 392 g/mol. The summed E-state index contributed by atoms with van der Waals surface area (Å²) in [5, 5.41) is 15.2. The van der Waals surface area contributed by atoms with Crippen molar-refractivity contribution in [1.82, 2.24) is 30.2 Å². The summed E-state index contributed by atoms with van der Waals surface area (Å²) < 4.78 is 2.12. The number of hydrogen-bond donors (Lipinski definition) is 1. The zero-order valence-electron chi connectivity index (χ0n) is 15.6. The van der Waals surface area contributed by atoms with Crippen molar-refractivity contribution in [2.75, 3.05) is 0 Å². The van der Waals surface area contributed by atoms with Crippen LogP contribution in [-0.4, -0.2) is 30.2 Å². The lowest BCUT2D eigenvalue weighted by Crippen LogP contribution is -2.05. The number of nitrogens with one attached hydrogen (secondary N) is 1. The summed E-state index contributed by atoms with van der Waals surface area (Å²) >= 11 is 6.16. The summed E-state index contributed by atoms with van der Waals surface area (Å²) in [7, 11) is 0. The number of benzene rings is 2. The highest BCUT2D eigenvalue weighted by Crippen LogP contribution is 2.31. The van der Waals surface area contributed by atoms with Crippen molar-refractivity contribution in [1.29, 1.82) is 0 Å². The maximum absolute atomic E-state index is 6.16. The summed E-state index contributed by atoms with van der Waals surface area (Å²) in [6, 6.07) is 16.6. The Labute approximate surface area is 168 Å². The fraction of sp³-hybridized carbons (Fsp3) is 0.238. The van der Waals surface area contributed by atoms with Gasteiger partial charge in [-0.1, -0.05) is 67.4 Å². The standard InChI is InChI=1S/C21H21ClN6/c1-2-3-9-20-23-19(22)14-28(20)13-15-10-11-17(16-7-5-4-6-8-16)18(12-15)21-24-26-27-25-21/h4-8,10-12,14H,2-3,9,13H2,1H3,(H,24,25,26,27). The molecule has 0 radical (unpaired) electrons. The molecule has 142 valence electrons. The number of aromatic nitrogens is 6. The van der Waals surface area contributed by atoms with Crippen LogP contribution >= 0.6 is 11.6 Å². The van der Waals surface area contributed by atoms with E-state index in [1.54, 1.807) is 0 Å². The Bertz CT molecular complexity index is 1040. The van der Waals surface area contributed by atoms with E-state index in [0.29, 0.717) is 17.5 Å². The highest BCUT2D eigenvalue weighted by molar-refractivity contribution is 6.29. The summed E-state index contributed by atoms with van der Waals surface area (Å²) in [5.74, 6) is 1.59. The van der Waals surface area contributed by atoms with E-state index < -0.39 is 0 Å². The van der Waals surface area contributed by atoms with E-state index >= 15 is 0 Å². The molecule has 2 aromatic carbocycles. The van der Waals surface area contributed by atoms with Crippen LogP contribution < -0.4 is 0 Å². The fourth-order valence-corrected chi connectivity index (χ4v) is 3.52. The molecule has 0 aliphatic carbocycles. The van der Waals surface area contributed by atoms with Gasteiger partial charge in [0, 0.05) is 24.7 Å². The molecule has 0 atom stereocenters. The normalized spacial score (nSPS) is 11.1. The topological polar surface area (TPSA) is 72.3 Å². The van der Waals surface area contributed by atoms with Gasteiger partial charge in [0.25, 0.3) is 0 Å². The number of halogens is 1. The summed E-state index contributed by atoms with van der Waals surface area (Å²) in [4.78, 5) is 4.47. The molecule has 0 aliphatic heterocycles.